The van der Waals surface area contributed by atoms with Crippen LogP contribution in [0, 0.1) is 5.41 Å². The van der Waals surface area contributed by atoms with Crippen molar-refractivity contribution in [3.05, 3.63) is 29.3 Å². The van der Waals surface area contributed by atoms with Crippen molar-refractivity contribution in [1.82, 2.24) is 5.32 Å². The van der Waals surface area contributed by atoms with Crippen LogP contribution in [0.25, 0.3) is 0 Å². The fourth-order valence-corrected chi connectivity index (χ4v) is 2.69. The van der Waals surface area contributed by atoms with E-state index in [0.717, 1.165) is 24.0 Å². The second kappa shape index (κ2) is 6.62. The highest BCUT2D eigenvalue weighted by Crippen LogP contribution is 2.36. The summed E-state index contributed by atoms with van der Waals surface area (Å²) in [4.78, 5) is 12.4. The van der Waals surface area contributed by atoms with Crippen molar-refractivity contribution in [2.75, 3.05) is 13.2 Å². The Morgan fingerprint density at radius 3 is 2.70 bits per heavy atom. The lowest BCUT2D eigenvalue weighted by Gasteiger charge is -2.29. The second-order valence-corrected chi connectivity index (χ2v) is 8.13. The zero-order valence-electron chi connectivity index (χ0n) is 14.9. The van der Waals surface area contributed by atoms with Gasteiger partial charge in [-0.15, -0.1) is 0 Å². The lowest BCUT2D eigenvalue weighted by atomic mass is 9.73. The van der Waals surface area contributed by atoms with E-state index in [4.69, 9.17) is 4.74 Å². The van der Waals surface area contributed by atoms with E-state index in [2.05, 4.69) is 26.1 Å². The first kappa shape index (κ1) is 18.0. The van der Waals surface area contributed by atoms with Crippen LogP contribution >= 0.6 is 0 Å². The van der Waals surface area contributed by atoms with Crippen molar-refractivity contribution in [1.29, 1.82) is 0 Å². The van der Waals surface area contributed by atoms with Crippen LogP contribution in [-0.4, -0.2) is 35.7 Å². The Labute approximate surface area is 139 Å². The molecule has 4 nitrogen and oxygen atoms in total. The third-order valence-electron chi connectivity index (χ3n) is 4.27. The fourth-order valence-electron chi connectivity index (χ4n) is 2.69. The number of fused-ring (bicyclic) bond motifs is 1. The largest absolute Gasteiger partial charge is 0.491 e. The number of aliphatic hydroxyl groups excluding tert-OH is 1. The van der Waals surface area contributed by atoms with Gasteiger partial charge < -0.3 is 15.2 Å². The third-order valence-corrected chi connectivity index (χ3v) is 4.27. The summed E-state index contributed by atoms with van der Waals surface area (Å²) >= 11 is 0. The van der Waals surface area contributed by atoms with Gasteiger partial charge in [-0.25, -0.2) is 0 Å². The minimum absolute atomic E-state index is 0.0278. The van der Waals surface area contributed by atoms with Crippen LogP contribution in [0.3, 0.4) is 0 Å². The molecule has 1 atom stereocenters. The minimum Gasteiger partial charge on any atom is -0.491 e. The summed E-state index contributed by atoms with van der Waals surface area (Å²) in [5.74, 6) is 0.922. The summed E-state index contributed by atoms with van der Waals surface area (Å²) in [7, 11) is 0. The molecule has 0 saturated carbocycles. The normalized spacial score (nSPS) is 18.4. The SMILES string of the molecule is CC(C)(C)NCC(O)COc1ccc2c(c1)CCC(C)(C)C2=O. The number of Topliss-reactive ketones (excluding diaryl/α,β-unsaturated/α-hetero) is 1. The summed E-state index contributed by atoms with van der Waals surface area (Å²) < 4.78 is 5.69. The molecule has 0 fully saturated rings. The summed E-state index contributed by atoms with van der Waals surface area (Å²) in [6.07, 6.45) is 1.19. The number of ketones is 1. The molecule has 0 bridgehead atoms. The Morgan fingerprint density at radius 1 is 1.35 bits per heavy atom. The van der Waals surface area contributed by atoms with Crippen LogP contribution in [0.1, 0.15) is 57.0 Å². The van der Waals surface area contributed by atoms with Gasteiger partial charge in [-0.05, 0) is 57.4 Å². The first-order valence-corrected chi connectivity index (χ1v) is 8.32. The number of rotatable bonds is 5. The molecule has 0 aromatic heterocycles. The lowest BCUT2D eigenvalue weighted by molar-refractivity contribution is 0.0810. The molecular weight excluding hydrogens is 290 g/mol. The fraction of sp³-hybridized carbons (Fsp3) is 0.632. The number of hydrogen-bond donors (Lipinski definition) is 2. The zero-order chi connectivity index (χ0) is 17.3. The highest BCUT2D eigenvalue weighted by Gasteiger charge is 2.34. The average molecular weight is 319 g/mol. The van der Waals surface area contributed by atoms with Crippen LogP contribution in [0.15, 0.2) is 18.2 Å². The minimum atomic E-state index is -0.564. The Balaban J connectivity index is 1.95. The maximum atomic E-state index is 12.4. The molecule has 0 saturated heterocycles. The lowest BCUT2D eigenvalue weighted by Crippen LogP contribution is -2.42. The van der Waals surface area contributed by atoms with Crippen LogP contribution in [0.5, 0.6) is 5.75 Å². The molecule has 1 aromatic rings. The summed E-state index contributed by atoms with van der Waals surface area (Å²) in [5, 5.41) is 13.2. The standard InChI is InChI=1S/C19H29NO3/c1-18(2,3)20-11-14(21)12-23-15-6-7-16-13(10-15)8-9-19(4,5)17(16)22/h6-7,10,14,20-21H,8-9,11-12H2,1-5H3. The van der Waals surface area contributed by atoms with Gasteiger partial charge in [0.2, 0.25) is 0 Å². The van der Waals surface area contributed by atoms with Crippen LogP contribution < -0.4 is 10.1 Å². The van der Waals surface area contributed by atoms with Gasteiger partial charge in [-0.2, -0.15) is 0 Å². The van der Waals surface area contributed by atoms with Crippen molar-refractivity contribution in [3.8, 4) is 5.75 Å². The summed E-state index contributed by atoms with van der Waals surface area (Å²) in [5.41, 5.74) is 1.56. The number of aryl methyl sites for hydroxylation is 1. The molecule has 1 aliphatic rings. The molecule has 0 radical (unpaired) electrons. The first-order valence-electron chi connectivity index (χ1n) is 8.32. The molecule has 2 rings (SSSR count). The first-order chi connectivity index (χ1) is 10.6. The van der Waals surface area contributed by atoms with Crippen molar-refractivity contribution < 1.29 is 14.6 Å². The van der Waals surface area contributed by atoms with Crippen LogP contribution in [0.2, 0.25) is 0 Å². The van der Waals surface area contributed by atoms with Gasteiger partial charge in [-0.1, -0.05) is 13.8 Å². The summed E-state index contributed by atoms with van der Waals surface area (Å²) in [6, 6.07) is 5.61. The predicted octanol–water partition coefficient (Wildman–Crippen LogP) is 2.97. The van der Waals surface area contributed by atoms with Gasteiger partial charge in [0, 0.05) is 23.1 Å². The Hall–Kier alpha value is -1.39. The van der Waals surface area contributed by atoms with E-state index in [0.29, 0.717) is 12.3 Å². The smallest absolute Gasteiger partial charge is 0.168 e. The molecule has 0 aliphatic heterocycles. The van der Waals surface area contributed by atoms with Gasteiger partial charge >= 0.3 is 0 Å². The van der Waals surface area contributed by atoms with E-state index < -0.39 is 6.10 Å². The van der Waals surface area contributed by atoms with Gasteiger partial charge in [0.15, 0.2) is 5.78 Å². The molecule has 0 heterocycles. The van der Waals surface area contributed by atoms with E-state index >= 15 is 0 Å². The number of benzene rings is 1. The molecule has 0 amide bonds. The maximum absolute atomic E-state index is 12.4. The van der Waals surface area contributed by atoms with Crippen molar-refractivity contribution in [3.63, 3.8) is 0 Å². The van der Waals surface area contributed by atoms with Gasteiger partial charge in [0.1, 0.15) is 18.5 Å². The Kier molecular flexibility index (Phi) is 5.17. The molecule has 128 valence electrons. The molecule has 1 unspecified atom stereocenters. The zero-order valence-corrected chi connectivity index (χ0v) is 14.9. The molecule has 4 heteroatoms. The molecule has 2 N–H and O–H groups in total. The molecule has 23 heavy (non-hydrogen) atoms. The average Bonchev–Trinajstić information content (AvgIpc) is 2.46. The molecule has 1 aliphatic carbocycles. The monoisotopic (exact) mass is 319 g/mol. The topological polar surface area (TPSA) is 58.6 Å². The number of aliphatic hydroxyl groups is 1. The summed E-state index contributed by atoms with van der Waals surface area (Å²) in [6.45, 7) is 10.9. The van der Waals surface area contributed by atoms with E-state index in [1.165, 1.54) is 0 Å². The number of nitrogens with one attached hydrogen (secondary N) is 1. The van der Waals surface area contributed by atoms with E-state index in [-0.39, 0.29) is 23.3 Å². The van der Waals surface area contributed by atoms with Gasteiger partial charge in [0.05, 0.1) is 0 Å². The van der Waals surface area contributed by atoms with Crippen LogP contribution in [0.4, 0.5) is 0 Å². The van der Waals surface area contributed by atoms with Crippen molar-refractivity contribution in [2.24, 2.45) is 5.41 Å². The van der Waals surface area contributed by atoms with E-state index in [9.17, 15) is 9.90 Å². The number of carbonyl (C=O) groups is 1. The molecule has 0 spiro atoms. The van der Waals surface area contributed by atoms with E-state index in [1.54, 1.807) is 0 Å². The predicted molar refractivity (Wildman–Crippen MR) is 92.1 cm³/mol. The molecule has 1 aromatic carbocycles. The Bertz CT molecular complexity index is 572. The second-order valence-electron chi connectivity index (χ2n) is 8.13. The Morgan fingerprint density at radius 2 is 2.04 bits per heavy atom. The van der Waals surface area contributed by atoms with Crippen LogP contribution in [-0.2, 0) is 6.42 Å². The number of ether oxygens (including phenoxy) is 1. The number of carbonyl (C=O) groups excluding carboxylic acids is 1. The highest BCUT2D eigenvalue weighted by molar-refractivity contribution is 6.02. The number of β-amino-alcohol motifs (C(OH)–C–C–N with tert-alkyl or cyclic N) is 1. The van der Waals surface area contributed by atoms with E-state index in [1.807, 2.05) is 32.0 Å². The molecular formula is C19H29NO3. The van der Waals surface area contributed by atoms with Gasteiger partial charge in [-0.3, -0.25) is 4.79 Å². The van der Waals surface area contributed by atoms with Crippen molar-refractivity contribution in [2.45, 2.75) is 59.1 Å². The maximum Gasteiger partial charge on any atom is 0.168 e. The quantitative estimate of drug-likeness (QED) is 0.876. The highest BCUT2D eigenvalue weighted by atomic mass is 16.5. The third kappa shape index (κ3) is 4.79. The van der Waals surface area contributed by atoms with Crippen molar-refractivity contribution >= 4 is 5.78 Å². The van der Waals surface area contributed by atoms with Gasteiger partial charge in [0.25, 0.3) is 0 Å². The number of hydrogen-bond acceptors (Lipinski definition) is 4.